The molecule has 0 heterocycles. The second kappa shape index (κ2) is 7.17. The zero-order chi connectivity index (χ0) is 13.5. The lowest BCUT2D eigenvalue weighted by Gasteiger charge is -2.25. The minimum atomic E-state index is -0.0546. The van der Waals surface area contributed by atoms with Crippen molar-refractivity contribution >= 4 is 5.91 Å². The molecule has 18 heavy (non-hydrogen) atoms. The zero-order valence-corrected chi connectivity index (χ0v) is 11.6. The Morgan fingerprint density at radius 1 is 1.28 bits per heavy atom. The summed E-state index contributed by atoms with van der Waals surface area (Å²) < 4.78 is 0. The first-order chi connectivity index (χ1) is 8.56. The topological polar surface area (TPSA) is 46.3 Å². The molecule has 1 aromatic rings. The molecule has 1 aromatic carbocycles. The maximum atomic E-state index is 12.0. The maximum absolute atomic E-state index is 12.0. The van der Waals surface area contributed by atoms with Gasteiger partial charge in [-0.2, -0.15) is 0 Å². The van der Waals surface area contributed by atoms with E-state index in [0.717, 1.165) is 12.1 Å². The molecule has 0 aliphatic carbocycles. The lowest BCUT2D eigenvalue weighted by atomic mass is 10.0. The van der Waals surface area contributed by atoms with E-state index in [1.807, 2.05) is 56.0 Å². The number of hydrogen-bond donors (Lipinski definition) is 1. The Hall–Kier alpha value is -1.35. The van der Waals surface area contributed by atoms with Crippen molar-refractivity contribution < 1.29 is 4.79 Å². The van der Waals surface area contributed by atoms with Gasteiger partial charge in [0.2, 0.25) is 5.91 Å². The van der Waals surface area contributed by atoms with Crippen molar-refractivity contribution in [2.45, 2.75) is 45.7 Å². The Labute approximate surface area is 110 Å². The van der Waals surface area contributed by atoms with E-state index in [0.29, 0.717) is 12.8 Å². The summed E-state index contributed by atoms with van der Waals surface area (Å²) in [7, 11) is 0. The highest BCUT2D eigenvalue weighted by Crippen LogP contribution is 2.16. The average molecular weight is 248 g/mol. The molecule has 1 unspecified atom stereocenters. The molecule has 1 amide bonds. The zero-order valence-electron chi connectivity index (χ0n) is 11.6. The molecule has 1 rings (SSSR count). The minimum Gasteiger partial charge on any atom is -0.341 e. The molecular formula is C15H24N2O. The van der Waals surface area contributed by atoms with Crippen molar-refractivity contribution in [3.05, 3.63) is 35.9 Å². The molecule has 2 N–H and O–H groups in total. The van der Waals surface area contributed by atoms with Crippen LogP contribution in [0.2, 0.25) is 0 Å². The SMILES string of the molecule is CCN(C(=O)CCC(N)c1ccccc1)C(C)C. The summed E-state index contributed by atoms with van der Waals surface area (Å²) >= 11 is 0. The third-order valence-corrected chi connectivity index (χ3v) is 3.18. The molecule has 1 atom stereocenters. The number of hydrogen-bond acceptors (Lipinski definition) is 2. The van der Waals surface area contributed by atoms with Gasteiger partial charge in [0.25, 0.3) is 0 Å². The number of nitrogens with two attached hydrogens (primary N) is 1. The first kappa shape index (κ1) is 14.7. The maximum Gasteiger partial charge on any atom is 0.222 e. The summed E-state index contributed by atoms with van der Waals surface area (Å²) in [6.07, 6.45) is 1.22. The Kier molecular flexibility index (Phi) is 5.86. The standard InChI is InChI=1S/C15H24N2O/c1-4-17(12(2)3)15(18)11-10-14(16)13-8-6-5-7-9-13/h5-9,12,14H,4,10-11,16H2,1-3H3. The number of carbonyl (C=O) groups excluding carboxylic acids is 1. The highest BCUT2D eigenvalue weighted by Gasteiger charge is 2.16. The molecule has 0 radical (unpaired) electrons. The van der Waals surface area contributed by atoms with Crippen molar-refractivity contribution in [3.8, 4) is 0 Å². The normalized spacial score (nSPS) is 12.5. The van der Waals surface area contributed by atoms with E-state index < -0.39 is 0 Å². The highest BCUT2D eigenvalue weighted by molar-refractivity contribution is 5.76. The van der Waals surface area contributed by atoms with Crippen LogP contribution in [0.25, 0.3) is 0 Å². The predicted molar refractivity (Wildman–Crippen MR) is 75.1 cm³/mol. The van der Waals surface area contributed by atoms with Crippen LogP contribution in [0.15, 0.2) is 30.3 Å². The van der Waals surface area contributed by atoms with Crippen LogP contribution in [0.5, 0.6) is 0 Å². The fraction of sp³-hybridized carbons (Fsp3) is 0.533. The number of benzene rings is 1. The van der Waals surface area contributed by atoms with Gasteiger partial charge in [0.15, 0.2) is 0 Å². The Morgan fingerprint density at radius 2 is 1.89 bits per heavy atom. The monoisotopic (exact) mass is 248 g/mol. The lowest BCUT2D eigenvalue weighted by Crippen LogP contribution is -2.36. The third-order valence-electron chi connectivity index (χ3n) is 3.18. The van der Waals surface area contributed by atoms with Gasteiger partial charge in [-0.05, 0) is 32.8 Å². The summed E-state index contributed by atoms with van der Waals surface area (Å²) in [5.41, 5.74) is 7.19. The Balaban J connectivity index is 2.48. The molecule has 3 nitrogen and oxygen atoms in total. The van der Waals surface area contributed by atoms with Gasteiger partial charge >= 0.3 is 0 Å². The van der Waals surface area contributed by atoms with Crippen molar-refractivity contribution in [1.29, 1.82) is 0 Å². The van der Waals surface area contributed by atoms with E-state index in [9.17, 15) is 4.79 Å². The Morgan fingerprint density at radius 3 is 2.39 bits per heavy atom. The predicted octanol–water partition coefficient (Wildman–Crippen LogP) is 2.72. The largest absolute Gasteiger partial charge is 0.341 e. The van der Waals surface area contributed by atoms with Gasteiger partial charge in [-0.3, -0.25) is 4.79 Å². The lowest BCUT2D eigenvalue weighted by molar-refractivity contribution is -0.132. The van der Waals surface area contributed by atoms with Gasteiger partial charge in [-0.1, -0.05) is 30.3 Å². The van der Waals surface area contributed by atoms with Crippen molar-refractivity contribution in [2.75, 3.05) is 6.54 Å². The minimum absolute atomic E-state index is 0.0546. The number of rotatable bonds is 6. The van der Waals surface area contributed by atoms with E-state index in [1.54, 1.807) is 0 Å². The Bertz CT molecular complexity index is 362. The van der Waals surface area contributed by atoms with Crippen LogP contribution in [-0.4, -0.2) is 23.4 Å². The molecule has 0 aliphatic heterocycles. The van der Waals surface area contributed by atoms with Crippen molar-refractivity contribution in [3.63, 3.8) is 0 Å². The summed E-state index contributed by atoms with van der Waals surface area (Å²) in [6.45, 7) is 6.85. The van der Waals surface area contributed by atoms with E-state index in [2.05, 4.69) is 0 Å². The summed E-state index contributed by atoms with van der Waals surface area (Å²) in [4.78, 5) is 13.9. The molecule has 0 spiro atoms. The van der Waals surface area contributed by atoms with Crippen LogP contribution in [-0.2, 0) is 4.79 Å². The molecule has 0 aliphatic rings. The quantitative estimate of drug-likeness (QED) is 0.841. The van der Waals surface area contributed by atoms with Crippen molar-refractivity contribution in [2.24, 2.45) is 5.73 Å². The number of carbonyl (C=O) groups is 1. The third kappa shape index (κ3) is 4.15. The molecular weight excluding hydrogens is 224 g/mol. The summed E-state index contributed by atoms with van der Waals surface area (Å²) in [6, 6.07) is 10.1. The highest BCUT2D eigenvalue weighted by atomic mass is 16.2. The van der Waals surface area contributed by atoms with Gasteiger partial charge < -0.3 is 10.6 Å². The number of amides is 1. The fourth-order valence-corrected chi connectivity index (χ4v) is 2.12. The first-order valence-electron chi connectivity index (χ1n) is 6.66. The molecule has 0 saturated heterocycles. The molecule has 100 valence electrons. The number of nitrogens with zero attached hydrogens (tertiary/aromatic N) is 1. The molecule has 0 saturated carbocycles. The van der Waals surface area contributed by atoms with Gasteiger partial charge in [0.1, 0.15) is 0 Å². The van der Waals surface area contributed by atoms with E-state index in [4.69, 9.17) is 5.73 Å². The molecule has 3 heteroatoms. The van der Waals surface area contributed by atoms with E-state index >= 15 is 0 Å². The summed E-state index contributed by atoms with van der Waals surface area (Å²) in [5.74, 6) is 0.193. The fourth-order valence-electron chi connectivity index (χ4n) is 2.12. The van der Waals surface area contributed by atoms with Crippen LogP contribution in [0.3, 0.4) is 0 Å². The molecule has 0 bridgehead atoms. The van der Waals surface area contributed by atoms with E-state index in [-0.39, 0.29) is 18.0 Å². The second-order valence-corrected chi connectivity index (χ2v) is 4.83. The summed E-state index contributed by atoms with van der Waals surface area (Å²) in [5, 5.41) is 0. The smallest absolute Gasteiger partial charge is 0.222 e. The van der Waals surface area contributed by atoms with E-state index in [1.165, 1.54) is 0 Å². The molecule has 0 aromatic heterocycles. The van der Waals surface area contributed by atoms with Crippen LogP contribution >= 0.6 is 0 Å². The van der Waals surface area contributed by atoms with Gasteiger partial charge in [0.05, 0.1) is 0 Å². The van der Waals surface area contributed by atoms with Crippen LogP contribution < -0.4 is 5.73 Å². The van der Waals surface area contributed by atoms with Crippen LogP contribution in [0.1, 0.15) is 45.2 Å². The van der Waals surface area contributed by atoms with Crippen molar-refractivity contribution in [1.82, 2.24) is 4.90 Å². The van der Waals surface area contributed by atoms with Gasteiger partial charge in [0, 0.05) is 25.0 Å². The average Bonchev–Trinajstić information content (AvgIpc) is 2.37. The second-order valence-electron chi connectivity index (χ2n) is 4.83. The first-order valence-corrected chi connectivity index (χ1v) is 6.66. The van der Waals surface area contributed by atoms with Crippen LogP contribution in [0.4, 0.5) is 0 Å². The van der Waals surface area contributed by atoms with Gasteiger partial charge in [-0.25, -0.2) is 0 Å². The molecule has 0 fully saturated rings. The van der Waals surface area contributed by atoms with Crippen LogP contribution in [0, 0.1) is 0 Å². The van der Waals surface area contributed by atoms with Gasteiger partial charge in [-0.15, -0.1) is 0 Å².